The minimum absolute atomic E-state index is 0.0165. The van der Waals surface area contributed by atoms with E-state index in [0.717, 1.165) is 31.3 Å². The molecule has 4 N–H and O–H groups in total. The van der Waals surface area contributed by atoms with Crippen LogP contribution in [-0.2, 0) is 52.2 Å². The Hall–Kier alpha value is -2.09. The maximum Gasteiger partial charge on any atom is 0.316 e. The fourth-order valence-electron chi connectivity index (χ4n) is 12.1. The molecule has 0 radical (unpaired) electrons. The minimum atomic E-state index is -1.86. The van der Waals surface area contributed by atoms with Crippen molar-refractivity contribution < 1.29 is 72.6 Å². The van der Waals surface area contributed by atoms with Gasteiger partial charge in [-0.15, -0.1) is 0 Å². The Morgan fingerprint density at radius 2 is 1.52 bits per heavy atom. The van der Waals surface area contributed by atoms with Crippen LogP contribution in [0.5, 0.6) is 0 Å². The van der Waals surface area contributed by atoms with E-state index in [0.29, 0.717) is 42.7 Å². The monoisotopic (exact) mass is 917 g/mol. The molecule has 0 aromatic carbocycles. The van der Waals surface area contributed by atoms with Gasteiger partial charge in [0.1, 0.15) is 42.0 Å². The summed E-state index contributed by atoms with van der Waals surface area (Å²) in [6.45, 7) is 11.6. The molecule has 5 saturated heterocycles. The molecule has 0 aromatic rings. The lowest BCUT2D eigenvalue weighted by Gasteiger charge is -2.53. The lowest BCUT2D eigenvalue weighted by molar-refractivity contribution is -0.355. The number of aliphatic hydroxyl groups excluding tert-OH is 3. The molecule has 0 amide bonds. The van der Waals surface area contributed by atoms with Crippen LogP contribution >= 0.6 is 0 Å². The fraction of sp³-hybridized carbons (Fsp3) is 0.820. The number of hydrogen-bond donors (Lipinski definition) is 4. The van der Waals surface area contributed by atoms with Gasteiger partial charge in [0.2, 0.25) is 0 Å². The molecule has 8 aliphatic rings. The van der Waals surface area contributed by atoms with E-state index in [1.165, 1.54) is 6.42 Å². The van der Waals surface area contributed by atoms with Crippen LogP contribution in [-0.4, -0.2) is 151 Å². The Kier molecular flexibility index (Phi) is 15.5. The number of fused-ring (bicyclic) bond motifs is 2. The third kappa shape index (κ3) is 10.2. The zero-order valence-electron chi connectivity index (χ0n) is 39.6. The van der Waals surface area contributed by atoms with E-state index in [1.54, 1.807) is 40.2 Å². The van der Waals surface area contributed by atoms with E-state index in [-0.39, 0.29) is 37.4 Å². The number of aliphatic hydroxyl groups is 4. The van der Waals surface area contributed by atoms with Crippen LogP contribution in [0.4, 0.5) is 0 Å². The molecule has 65 heavy (non-hydrogen) atoms. The number of hydrogen-bond acceptors (Lipinski definition) is 15. The number of methoxy groups -OCH3 is 2. The predicted octanol–water partition coefficient (Wildman–Crippen LogP) is 5.11. The van der Waals surface area contributed by atoms with E-state index in [9.17, 15) is 25.2 Å². The van der Waals surface area contributed by atoms with Crippen molar-refractivity contribution in [1.29, 1.82) is 0 Å². The lowest BCUT2D eigenvalue weighted by Crippen LogP contribution is -2.60. The van der Waals surface area contributed by atoms with Gasteiger partial charge in [0.15, 0.2) is 18.4 Å². The molecule has 15 heteroatoms. The minimum Gasteiger partial charge on any atom is -0.462 e. The largest absolute Gasteiger partial charge is 0.462 e. The van der Waals surface area contributed by atoms with Crippen molar-refractivity contribution >= 4 is 5.97 Å². The first-order valence-corrected chi connectivity index (χ1v) is 24.4. The highest BCUT2D eigenvalue weighted by atomic mass is 16.7. The quantitative estimate of drug-likeness (QED) is 0.195. The molecular formula is C50H76O15. The molecule has 2 aliphatic carbocycles. The van der Waals surface area contributed by atoms with Gasteiger partial charge in [-0.1, -0.05) is 63.5 Å². The number of allylic oxidation sites excluding steroid dienone is 2. The molecule has 2 bridgehead atoms. The average Bonchev–Trinajstić information content (AvgIpc) is 3.62. The molecule has 0 aromatic heterocycles. The highest BCUT2D eigenvalue weighted by molar-refractivity contribution is 5.78. The number of esters is 1. The van der Waals surface area contributed by atoms with Gasteiger partial charge in [0.05, 0.1) is 55.4 Å². The van der Waals surface area contributed by atoms with Crippen molar-refractivity contribution in [2.24, 2.45) is 23.7 Å². The van der Waals surface area contributed by atoms with Crippen LogP contribution in [0, 0.1) is 23.7 Å². The Balaban J connectivity index is 1.09. The summed E-state index contributed by atoms with van der Waals surface area (Å²) in [5, 5.41) is 46.0. The molecule has 6 aliphatic heterocycles. The highest BCUT2D eigenvalue weighted by Crippen LogP contribution is 2.49. The first kappa shape index (κ1) is 49.3. The van der Waals surface area contributed by atoms with Crippen LogP contribution in [0.25, 0.3) is 0 Å². The van der Waals surface area contributed by atoms with E-state index < -0.39 is 109 Å². The molecule has 0 unspecified atom stereocenters. The van der Waals surface area contributed by atoms with Crippen LogP contribution in [0.2, 0.25) is 0 Å². The lowest BCUT2D eigenvalue weighted by atomic mass is 9.71. The molecule has 1 spiro atoms. The summed E-state index contributed by atoms with van der Waals surface area (Å²) in [7, 11) is 3.21. The molecule has 20 atom stereocenters. The number of rotatable bonds is 7. The summed E-state index contributed by atoms with van der Waals surface area (Å²) < 4.78 is 64.1. The Morgan fingerprint density at radius 3 is 2.26 bits per heavy atom. The maximum absolute atomic E-state index is 14.5. The van der Waals surface area contributed by atoms with Crippen molar-refractivity contribution in [2.75, 3.05) is 20.8 Å². The van der Waals surface area contributed by atoms with Crippen molar-refractivity contribution in [1.82, 2.24) is 0 Å². The Morgan fingerprint density at radius 1 is 0.815 bits per heavy atom. The highest BCUT2D eigenvalue weighted by Gasteiger charge is 2.60. The van der Waals surface area contributed by atoms with Crippen molar-refractivity contribution in [3.05, 3.63) is 47.1 Å². The fourth-order valence-corrected chi connectivity index (χ4v) is 12.1. The van der Waals surface area contributed by atoms with Crippen LogP contribution in [0.15, 0.2) is 47.1 Å². The van der Waals surface area contributed by atoms with E-state index in [2.05, 4.69) is 19.9 Å². The van der Waals surface area contributed by atoms with Gasteiger partial charge in [0.25, 0.3) is 0 Å². The topological polar surface area (TPSA) is 190 Å². The zero-order chi connectivity index (χ0) is 46.4. The van der Waals surface area contributed by atoms with E-state index >= 15 is 0 Å². The average molecular weight is 917 g/mol. The Labute approximate surface area is 384 Å². The Bertz CT molecular complexity index is 1780. The SMILES string of the molecule is CO[C@H]1C[C@H](O[C@H]2[C@H](C)O[C@@H](O[C@@H]3/C(C)=C/C[C@@H]4C[C@@H](C[C@]5(C[C@H](O)[C@H](C)[C@@H](C6CCCCC6)O5)O4)OC(=O)[C@@H]4C=C(C)[C@@H](O)[C@H]5OC/C(=C\C=C\[C@@H]3C)[C@]54O)C[C@@H]2OC)O[C@@H](C)[C@@H]1O. The summed E-state index contributed by atoms with van der Waals surface area (Å²) in [6, 6.07) is 0. The van der Waals surface area contributed by atoms with Crippen molar-refractivity contribution in [2.45, 2.75) is 215 Å². The molecular weight excluding hydrogens is 841 g/mol. The summed E-state index contributed by atoms with van der Waals surface area (Å²) in [4.78, 5) is 14.5. The third-order valence-corrected chi connectivity index (χ3v) is 15.9. The summed E-state index contributed by atoms with van der Waals surface area (Å²) in [6.07, 6.45) is 7.96. The predicted molar refractivity (Wildman–Crippen MR) is 236 cm³/mol. The number of carbonyl (C=O) groups is 1. The van der Waals surface area contributed by atoms with Gasteiger partial charge in [-0.25, -0.2) is 0 Å². The van der Waals surface area contributed by atoms with Crippen LogP contribution in [0.1, 0.15) is 112 Å². The van der Waals surface area contributed by atoms with Crippen molar-refractivity contribution in [3.8, 4) is 0 Å². The molecule has 15 nitrogen and oxygen atoms in total. The van der Waals surface area contributed by atoms with Gasteiger partial charge in [-0.2, -0.15) is 0 Å². The first-order valence-electron chi connectivity index (χ1n) is 24.4. The van der Waals surface area contributed by atoms with Gasteiger partial charge < -0.3 is 67.8 Å². The summed E-state index contributed by atoms with van der Waals surface area (Å²) in [5.41, 5.74) is 0.0560. The second-order valence-corrected chi connectivity index (χ2v) is 20.5. The van der Waals surface area contributed by atoms with Crippen LogP contribution < -0.4 is 0 Å². The zero-order valence-corrected chi connectivity index (χ0v) is 39.6. The molecule has 1 saturated carbocycles. The number of carbonyl (C=O) groups excluding carboxylic acids is 1. The summed E-state index contributed by atoms with van der Waals surface area (Å²) in [5.74, 6) is -2.95. The summed E-state index contributed by atoms with van der Waals surface area (Å²) >= 11 is 0. The molecule has 6 heterocycles. The third-order valence-electron chi connectivity index (χ3n) is 15.9. The van der Waals surface area contributed by atoms with Crippen molar-refractivity contribution in [3.63, 3.8) is 0 Å². The van der Waals surface area contributed by atoms with Gasteiger partial charge in [-0.3, -0.25) is 4.79 Å². The standard InChI is InChI=1S/C50H76O15/c1-26-13-12-16-33-25-58-47-42(52)28(3)19-36(50(33,47)55)48(54)61-35-20-34(64-49(23-35)24-37(51)29(4)45(65-49)32-14-10-9-11-15-32)18-17-27(2)44(26)62-41-22-39(57-8)46(31(6)60-41)63-40-21-38(56-7)43(53)30(5)59-40/h12-13,16-17,19,26,29-32,34-47,51-53,55H,9-11,14-15,18,20-25H2,1-8H3/b13-12+,27-17+,33-16+/t26-,29-,30-,31-,34+,35-,36-,37-,38-,39-,40-,41-,42+,43-,44-,45-,46-,47+,49-,50+/m0/s1. The normalized spacial score (nSPS) is 50.0. The molecule has 6 fully saturated rings. The van der Waals surface area contributed by atoms with Crippen LogP contribution in [0.3, 0.4) is 0 Å². The first-order chi connectivity index (χ1) is 31.0. The second-order valence-electron chi connectivity index (χ2n) is 20.5. The smallest absolute Gasteiger partial charge is 0.316 e. The van der Waals surface area contributed by atoms with Gasteiger partial charge in [-0.05, 0) is 69.6 Å². The van der Waals surface area contributed by atoms with Gasteiger partial charge in [0, 0.05) is 58.2 Å². The molecule has 8 rings (SSSR count). The number of ether oxygens (including phenoxy) is 10. The molecule has 366 valence electrons. The maximum atomic E-state index is 14.5. The van der Waals surface area contributed by atoms with E-state index in [4.69, 9.17) is 47.4 Å². The van der Waals surface area contributed by atoms with E-state index in [1.807, 2.05) is 26.0 Å². The second kappa shape index (κ2) is 20.5. The van der Waals surface area contributed by atoms with Gasteiger partial charge >= 0.3 is 5.97 Å².